The van der Waals surface area contributed by atoms with E-state index < -0.39 is 5.97 Å². The average Bonchev–Trinajstić information content (AvgIpc) is 3.01. The van der Waals surface area contributed by atoms with Gasteiger partial charge in [0.25, 0.3) is 5.19 Å². The maximum atomic E-state index is 12.0. The smallest absolute Gasteiger partial charge is 0.351 e. The molecule has 0 atom stereocenters. The summed E-state index contributed by atoms with van der Waals surface area (Å²) in [6.07, 6.45) is 3.55. The lowest BCUT2D eigenvalue weighted by molar-refractivity contribution is -0.140. The average molecular weight is 386 g/mol. The summed E-state index contributed by atoms with van der Waals surface area (Å²) in [6.45, 7) is 7.14. The van der Waals surface area contributed by atoms with Crippen LogP contribution in [-0.2, 0) is 20.8 Å². The Morgan fingerprint density at radius 1 is 1.48 bits per heavy atom. The van der Waals surface area contributed by atoms with E-state index in [0.29, 0.717) is 30.0 Å². The van der Waals surface area contributed by atoms with Gasteiger partial charge < -0.3 is 19.5 Å². The molecule has 1 N–H and O–H groups in total. The molecule has 0 saturated heterocycles. The van der Waals surface area contributed by atoms with Gasteiger partial charge in [-0.05, 0) is 27.0 Å². The number of thiazole rings is 1. The van der Waals surface area contributed by atoms with Gasteiger partial charge in [-0.3, -0.25) is 0 Å². The number of nitrogens with zero attached hydrogens (tertiary/aromatic N) is 2. The topological polar surface area (TPSA) is 93.5 Å². The number of carbonyl (C=O) groups is 1. The summed E-state index contributed by atoms with van der Waals surface area (Å²) in [6, 6.07) is 1.91. The molecule has 1 rings (SSSR count). The Morgan fingerprint density at radius 2 is 2.24 bits per heavy atom. The quantitative estimate of drug-likeness (QED) is 0.269. The minimum atomic E-state index is -0.660. The van der Waals surface area contributed by atoms with E-state index in [1.165, 1.54) is 23.1 Å². The van der Waals surface area contributed by atoms with E-state index in [9.17, 15) is 10.1 Å². The van der Waals surface area contributed by atoms with Gasteiger partial charge in [-0.15, -0.1) is 11.8 Å². The van der Waals surface area contributed by atoms with Crippen molar-refractivity contribution in [3.63, 3.8) is 0 Å². The van der Waals surface area contributed by atoms with Crippen LogP contribution in [0.5, 0.6) is 5.19 Å². The molecule has 25 heavy (non-hydrogen) atoms. The molecule has 0 fully saturated rings. The molecule has 138 valence electrons. The minimum Gasteiger partial charge on any atom is -0.467 e. The van der Waals surface area contributed by atoms with Crippen molar-refractivity contribution in [3.05, 3.63) is 21.7 Å². The van der Waals surface area contributed by atoms with Gasteiger partial charge in [-0.25, -0.2) is 9.78 Å². The number of hydrogen-bond acceptors (Lipinski definition) is 9. The fraction of sp³-hybridized carbons (Fsp3) is 0.562. The second kappa shape index (κ2) is 11.7. The third-order valence-electron chi connectivity index (χ3n) is 2.70. The molecule has 0 amide bonds. The largest absolute Gasteiger partial charge is 0.467 e. The molecule has 0 saturated carbocycles. The molecule has 0 aliphatic rings. The highest BCUT2D eigenvalue weighted by Crippen LogP contribution is 2.23. The molecule has 9 heteroatoms. The Kier molecular flexibility index (Phi) is 9.99. The predicted octanol–water partition coefficient (Wildman–Crippen LogP) is 2.70. The van der Waals surface area contributed by atoms with Crippen molar-refractivity contribution in [2.24, 2.45) is 0 Å². The van der Waals surface area contributed by atoms with Crippen LogP contribution in [0.4, 0.5) is 0 Å². The zero-order chi connectivity index (χ0) is 18.7. The lowest BCUT2D eigenvalue weighted by Crippen LogP contribution is -2.18. The van der Waals surface area contributed by atoms with Gasteiger partial charge >= 0.3 is 5.97 Å². The summed E-state index contributed by atoms with van der Waals surface area (Å²) < 4.78 is 15.7. The second-order valence-corrected chi connectivity index (χ2v) is 6.86. The predicted molar refractivity (Wildman–Crippen MR) is 98.3 cm³/mol. The molecule has 1 aromatic rings. The highest BCUT2D eigenvalue weighted by atomic mass is 32.2. The Morgan fingerprint density at radius 3 is 2.84 bits per heavy atom. The zero-order valence-corrected chi connectivity index (χ0v) is 16.5. The second-order valence-electron chi connectivity index (χ2n) is 4.97. The summed E-state index contributed by atoms with van der Waals surface area (Å²) >= 11 is 2.70. The number of carbonyl (C=O) groups excluding carboxylic acids is 1. The van der Waals surface area contributed by atoms with Gasteiger partial charge in [-0.2, -0.15) is 5.26 Å². The molecular formula is C16H23N3O4S2. The molecule has 0 radical (unpaired) electrons. The Balaban J connectivity index is 2.67. The highest BCUT2D eigenvalue weighted by molar-refractivity contribution is 8.02. The van der Waals surface area contributed by atoms with Gasteiger partial charge in [0.05, 0.1) is 24.3 Å². The van der Waals surface area contributed by atoms with Crippen LogP contribution in [0.25, 0.3) is 0 Å². The van der Waals surface area contributed by atoms with Gasteiger partial charge in [0.2, 0.25) is 0 Å². The van der Waals surface area contributed by atoms with Crippen LogP contribution in [0, 0.1) is 11.3 Å². The van der Waals surface area contributed by atoms with Crippen LogP contribution >= 0.6 is 23.1 Å². The van der Waals surface area contributed by atoms with Crippen LogP contribution in [0.3, 0.4) is 0 Å². The Bertz CT molecular complexity index is 623. The molecule has 0 bridgehead atoms. The van der Waals surface area contributed by atoms with Crippen LogP contribution in [0.1, 0.15) is 25.6 Å². The summed E-state index contributed by atoms with van der Waals surface area (Å²) in [5.74, 6) is -0.660. The summed E-state index contributed by atoms with van der Waals surface area (Å²) in [4.78, 5) is 17.1. The Hall–Kier alpha value is -1.76. The van der Waals surface area contributed by atoms with Crippen molar-refractivity contribution in [1.29, 1.82) is 5.26 Å². The molecule has 0 aromatic carbocycles. The van der Waals surface area contributed by atoms with Gasteiger partial charge in [0.15, 0.2) is 5.57 Å². The van der Waals surface area contributed by atoms with Crippen molar-refractivity contribution in [1.82, 2.24) is 10.3 Å². The first-order valence-corrected chi connectivity index (χ1v) is 9.84. The fourth-order valence-corrected chi connectivity index (χ4v) is 3.03. The molecule has 0 unspecified atom stereocenters. The molecule has 0 aliphatic heterocycles. The number of nitriles is 1. The van der Waals surface area contributed by atoms with E-state index in [-0.39, 0.29) is 18.3 Å². The van der Waals surface area contributed by atoms with Crippen LogP contribution in [-0.4, -0.2) is 43.1 Å². The number of nitrogens with one attached hydrogen (secondary N) is 1. The number of thioether (sulfide) groups is 1. The van der Waals surface area contributed by atoms with E-state index in [1.807, 2.05) is 26.8 Å². The third-order valence-corrected chi connectivity index (χ3v) is 4.35. The van der Waals surface area contributed by atoms with Crippen LogP contribution in [0.2, 0.25) is 0 Å². The van der Waals surface area contributed by atoms with Crippen molar-refractivity contribution >= 4 is 29.1 Å². The van der Waals surface area contributed by atoms with E-state index in [0.717, 1.165) is 4.88 Å². The third kappa shape index (κ3) is 7.77. The number of ether oxygens (including phenoxy) is 3. The Labute approximate surface area is 156 Å². The molecule has 0 spiro atoms. The van der Waals surface area contributed by atoms with Crippen molar-refractivity contribution in [3.8, 4) is 11.3 Å². The van der Waals surface area contributed by atoms with Crippen LogP contribution in [0.15, 0.2) is 16.8 Å². The van der Waals surface area contributed by atoms with Crippen molar-refractivity contribution in [2.45, 2.75) is 33.4 Å². The first-order valence-electron chi connectivity index (χ1n) is 7.80. The molecule has 7 nitrogen and oxygen atoms in total. The SMILES string of the molecule is CCOCCOC(=O)/C(C#N)=C(/NCc1cnc(OC(C)C)s1)SC. The van der Waals surface area contributed by atoms with Gasteiger partial charge in [0.1, 0.15) is 12.7 Å². The van der Waals surface area contributed by atoms with E-state index in [1.54, 1.807) is 12.5 Å². The minimum absolute atomic E-state index is 0.0489. The maximum Gasteiger partial charge on any atom is 0.351 e. The summed E-state index contributed by atoms with van der Waals surface area (Å²) in [5.41, 5.74) is -0.0489. The number of rotatable bonds is 11. The molecule has 1 heterocycles. The van der Waals surface area contributed by atoms with E-state index in [2.05, 4.69) is 10.3 Å². The van der Waals surface area contributed by atoms with E-state index >= 15 is 0 Å². The maximum absolute atomic E-state index is 12.0. The van der Waals surface area contributed by atoms with Crippen molar-refractivity contribution in [2.75, 3.05) is 26.1 Å². The lowest BCUT2D eigenvalue weighted by Gasteiger charge is -2.10. The van der Waals surface area contributed by atoms with Gasteiger partial charge in [0, 0.05) is 17.7 Å². The summed E-state index contributed by atoms with van der Waals surface area (Å²) in [7, 11) is 0. The first-order chi connectivity index (χ1) is 12.0. The highest BCUT2D eigenvalue weighted by Gasteiger charge is 2.17. The van der Waals surface area contributed by atoms with E-state index in [4.69, 9.17) is 14.2 Å². The van der Waals surface area contributed by atoms with Gasteiger partial charge in [-0.1, -0.05) is 11.3 Å². The molecule has 0 aliphatic carbocycles. The summed E-state index contributed by atoms with van der Waals surface area (Å²) in [5, 5.41) is 13.4. The fourth-order valence-electron chi connectivity index (χ4n) is 1.66. The van der Waals surface area contributed by atoms with Crippen molar-refractivity contribution < 1.29 is 19.0 Å². The molecular weight excluding hydrogens is 362 g/mol. The first kappa shape index (κ1) is 21.3. The van der Waals surface area contributed by atoms with Crippen LogP contribution < -0.4 is 10.1 Å². The normalized spacial score (nSPS) is 11.7. The standard InChI is InChI=1S/C16H23N3O4S2/c1-5-21-6-7-22-15(20)13(8-17)14(24-4)18-9-12-10-19-16(25-12)23-11(2)3/h10-11,18H,5-7,9H2,1-4H3/b14-13-. The number of hydrogen-bond donors (Lipinski definition) is 1. The number of aromatic nitrogens is 1. The monoisotopic (exact) mass is 385 g/mol. The number of esters is 1. The lowest BCUT2D eigenvalue weighted by atomic mass is 10.3. The zero-order valence-electron chi connectivity index (χ0n) is 14.8. The molecule has 1 aromatic heterocycles.